The van der Waals surface area contributed by atoms with Gasteiger partial charge in [-0.1, -0.05) is 118 Å². The molecular formula is C37H56O2. The Labute approximate surface area is 239 Å². The van der Waals surface area contributed by atoms with Crippen molar-refractivity contribution in [1.82, 2.24) is 0 Å². The number of aryl methyl sites for hydroxylation is 2. The Balaban J connectivity index is 1.60. The third-order valence-corrected chi connectivity index (χ3v) is 10.0. The smallest absolute Gasteiger partial charge is 0.119 e. The number of benzene rings is 2. The van der Waals surface area contributed by atoms with Gasteiger partial charge in [0.2, 0.25) is 0 Å². The van der Waals surface area contributed by atoms with Gasteiger partial charge < -0.3 is 10.2 Å². The van der Waals surface area contributed by atoms with E-state index in [4.69, 9.17) is 0 Å². The zero-order chi connectivity index (χ0) is 28.3. The molecule has 0 unspecified atom stereocenters. The molecule has 4 rings (SSSR count). The van der Waals surface area contributed by atoms with Crippen molar-refractivity contribution >= 4 is 0 Å². The molecule has 0 saturated carbocycles. The fourth-order valence-electron chi connectivity index (χ4n) is 8.06. The summed E-state index contributed by atoms with van der Waals surface area (Å²) >= 11 is 0. The number of unbranched alkanes of at least 4 members (excludes halogenated alkanes) is 10. The first-order valence-electron chi connectivity index (χ1n) is 16.3. The molecule has 0 heterocycles. The van der Waals surface area contributed by atoms with Crippen molar-refractivity contribution in [2.45, 2.75) is 161 Å². The van der Waals surface area contributed by atoms with Gasteiger partial charge in [-0.3, -0.25) is 0 Å². The van der Waals surface area contributed by atoms with Gasteiger partial charge in [-0.15, -0.1) is 0 Å². The summed E-state index contributed by atoms with van der Waals surface area (Å²) in [4.78, 5) is 0. The van der Waals surface area contributed by atoms with Gasteiger partial charge in [0.1, 0.15) is 11.5 Å². The number of phenolic OH excluding ortho intramolecular Hbond substituents is 2. The number of aromatic hydroxyl groups is 2. The number of hydrogen-bond acceptors (Lipinski definition) is 2. The summed E-state index contributed by atoms with van der Waals surface area (Å²) < 4.78 is 0. The van der Waals surface area contributed by atoms with Crippen molar-refractivity contribution in [3.05, 3.63) is 57.6 Å². The summed E-state index contributed by atoms with van der Waals surface area (Å²) in [7, 11) is 0. The molecule has 0 aromatic heterocycles. The maximum Gasteiger partial charge on any atom is 0.119 e. The highest BCUT2D eigenvalue weighted by Gasteiger charge is 2.56. The highest BCUT2D eigenvalue weighted by Crippen LogP contribution is 2.64. The second-order valence-corrected chi connectivity index (χ2v) is 14.3. The Morgan fingerprint density at radius 3 is 1.26 bits per heavy atom. The van der Waals surface area contributed by atoms with Crippen LogP contribution in [0, 0.1) is 0 Å². The SMILES string of the molecule is CCCCCCCCc1cc2c(cc1O)C1(CC2(C)C)CC(C)(C)c2cc(CCCCCCCC)c(O)cc21. The normalized spacial score (nSPS) is 18.0. The standard InChI is InChI=1S/C37H56O2/c1-7-9-11-13-15-17-19-27-21-29-31(23-33(27)38)37(25-35(29,3)4)26-36(5,6)30-22-28(34(39)24-32(30)37)20-18-16-14-12-10-8-2/h21-24,38-39H,7-20,25-26H2,1-6H3. The molecule has 0 amide bonds. The molecule has 39 heavy (non-hydrogen) atoms. The molecule has 2 aromatic carbocycles. The maximum absolute atomic E-state index is 11.2. The summed E-state index contributed by atoms with van der Waals surface area (Å²) in [6.07, 6.45) is 19.2. The van der Waals surface area contributed by atoms with Crippen LogP contribution in [0.4, 0.5) is 0 Å². The first kappa shape index (κ1) is 30.0. The van der Waals surface area contributed by atoms with Crippen LogP contribution < -0.4 is 0 Å². The van der Waals surface area contributed by atoms with E-state index in [0.717, 1.165) is 49.7 Å². The van der Waals surface area contributed by atoms with Crippen LogP contribution in [0.1, 0.15) is 165 Å². The highest BCUT2D eigenvalue weighted by molar-refractivity contribution is 5.63. The maximum atomic E-state index is 11.2. The summed E-state index contributed by atoms with van der Waals surface area (Å²) in [5.41, 5.74) is 7.55. The monoisotopic (exact) mass is 532 g/mol. The molecule has 2 aromatic rings. The fraction of sp³-hybridized carbons (Fsp3) is 0.676. The van der Waals surface area contributed by atoms with Crippen molar-refractivity contribution in [3.63, 3.8) is 0 Å². The lowest BCUT2D eigenvalue weighted by molar-refractivity contribution is 0.348. The molecule has 2 aliphatic rings. The summed E-state index contributed by atoms with van der Waals surface area (Å²) in [6, 6.07) is 8.90. The zero-order valence-electron chi connectivity index (χ0n) is 26.0. The fourth-order valence-corrected chi connectivity index (χ4v) is 8.06. The topological polar surface area (TPSA) is 40.5 Å². The minimum Gasteiger partial charge on any atom is -0.508 e. The predicted molar refractivity (Wildman–Crippen MR) is 166 cm³/mol. The lowest BCUT2D eigenvalue weighted by atomic mass is 9.72. The summed E-state index contributed by atoms with van der Waals surface area (Å²) in [6.45, 7) is 14.0. The first-order chi connectivity index (χ1) is 18.6. The van der Waals surface area contributed by atoms with Gasteiger partial charge in [0.05, 0.1) is 0 Å². The van der Waals surface area contributed by atoms with E-state index >= 15 is 0 Å². The zero-order valence-corrected chi connectivity index (χ0v) is 26.0. The lowest BCUT2D eigenvalue weighted by Gasteiger charge is -2.30. The van der Waals surface area contributed by atoms with Crippen LogP contribution in [0.5, 0.6) is 11.5 Å². The van der Waals surface area contributed by atoms with E-state index in [0.29, 0.717) is 11.5 Å². The molecule has 0 aliphatic heterocycles. The van der Waals surface area contributed by atoms with Crippen LogP contribution in [0.15, 0.2) is 24.3 Å². The molecular weight excluding hydrogens is 476 g/mol. The van der Waals surface area contributed by atoms with Crippen molar-refractivity contribution in [3.8, 4) is 11.5 Å². The Morgan fingerprint density at radius 2 is 0.872 bits per heavy atom. The largest absolute Gasteiger partial charge is 0.508 e. The van der Waals surface area contributed by atoms with Crippen LogP contribution in [0.2, 0.25) is 0 Å². The molecule has 2 aliphatic carbocycles. The summed E-state index contributed by atoms with van der Waals surface area (Å²) in [5, 5.41) is 22.5. The molecule has 0 saturated heterocycles. The average Bonchev–Trinajstić information content (AvgIpc) is 3.22. The second-order valence-electron chi connectivity index (χ2n) is 14.3. The van der Waals surface area contributed by atoms with Gasteiger partial charge in [0.25, 0.3) is 0 Å². The van der Waals surface area contributed by atoms with Crippen LogP contribution >= 0.6 is 0 Å². The average molecular weight is 533 g/mol. The first-order valence-corrected chi connectivity index (χ1v) is 16.3. The Hall–Kier alpha value is -1.96. The molecule has 2 N–H and O–H groups in total. The molecule has 2 nitrogen and oxygen atoms in total. The van der Waals surface area contributed by atoms with Crippen LogP contribution in [-0.4, -0.2) is 10.2 Å². The van der Waals surface area contributed by atoms with Crippen LogP contribution in [-0.2, 0) is 29.1 Å². The number of fused-ring (bicyclic) bond motifs is 4. The van der Waals surface area contributed by atoms with E-state index in [1.165, 1.54) is 86.5 Å². The molecule has 0 atom stereocenters. The molecule has 0 radical (unpaired) electrons. The van der Waals surface area contributed by atoms with E-state index in [-0.39, 0.29) is 16.2 Å². The molecule has 0 fully saturated rings. The third-order valence-electron chi connectivity index (χ3n) is 10.0. The van der Waals surface area contributed by atoms with Gasteiger partial charge in [0.15, 0.2) is 0 Å². The van der Waals surface area contributed by atoms with Crippen molar-refractivity contribution in [2.24, 2.45) is 0 Å². The van der Waals surface area contributed by atoms with Crippen LogP contribution in [0.25, 0.3) is 0 Å². The molecule has 1 spiro atoms. The van der Waals surface area contributed by atoms with Gasteiger partial charge in [-0.2, -0.15) is 0 Å². The van der Waals surface area contributed by atoms with E-state index in [9.17, 15) is 10.2 Å². The van der Waals surface area contributed by atoms with E-state index in [2.05, 4.69) is 65.8 Å². The number of hydrogen-bond donors (Lipinski definition) is 2. The van der Waals surface area contributed by atoms with Crippen LogP contribution in [0.3, 0.4) is 0 Å². The summed E-state index contributed by atoms with van der Waals surface area (Å²) in [5.74, 6) is 0.934. The van der Waals surface area contributed by atoms with Crippen molar-refractivity contribution in [2.75, 3.05) is 0 Å². The molecule has 0 bridgehead atoms. The number of phenols is 2. The quantitative estimate of drug-likeness (QED) is 0.238. The molecule has 2 heteroatoms. The predicted octanol–water partition coefficient (Wildman–Crippen LogP) is 10.6. The minimum absolute atomic E-state index is 0.0311. The Morgan fingerprint density at radius 1 is 0.513 bits per heavy atom. The van der Waals surface area contributed by atoms with Crippen molar-refractivity contribution < 1.29 is 10.2 Å². The third kappa shape index (κ3) is 6.20. The van der Waals surface area contributed by atoms with E-state index in [1.807, 2.05) is 0 Å². The van der Waals surface area contributed by atoms with Gasteiger partial charge in [0, 0.05) is 5.41 Å². The second kappa shape index (κ2) is 12.3. The lowest BCUT2D eigenvalue weighted by Crippen LogP contribution is -2.26. The van der Waals surface area contributed by atoms with E-state index < -0.39 is 0 Å². The van der Waals surface area contributed by atoms with Gasteiger partial charge in [-0.05, 0) is 94.9 Å². The van der Waals surface area contributed by atoms with Crippen molar-refractivity contribution in [1.29, 1.82) is 0 Å². The Bertz CT molecular complexity index is 1030. The highest BCUT2D eigenvalue weighted by atomic mass is 16.3. The Kier molecular flexibility index (Phi) is 9.45. The molecule has 216 valence electrons. The minimum atomic E-state index is -0.149. The van der Waals surface area contributed by atoms with E-state index in [1.54, 1.807) is 0 Å². The van der Waals surface area contributed by atoms with Gasteiger partial charge >= 0.3 is 0 Å². The van der Waals surface area contributed by atoms with Gasteiger partial charge in [-0.25, -0.2) is 0 Å². The number of rotatable bonds is 14.